The van der Waals surface area contributed by atoms with Crippen LogP contribution in [0.1, 0.15) is 5.69 Å². The molecule has 0 unspecified atom stereocenters. The molecule has 0 aromatic carbocycles. The van der Waals surface area contributed by atoms with Gasteiger partial charge >= 0.3 is 5.97 Å². The Labute approximate surface area is 109 Å². The van der Waals surface area contributed by atoms with Gasteiger partial charge in [-0.1, -0.05) is 0 Å². The maximum atomic E-state index is 11.5. The van der Waals surface area contributed by atoms with Crippen LogP contribution in [-0.2, 0) is 30.7 Å². The fourth-order valence-corrected chi connectivity index (χ4v) is 2.96. The fourth-order valence-electron chi connectivity index (χ4n) is 1.03. The zero-order valence-electron chi connectivity index (χ0n) is 10.0. The summed E-state index contributed by atoms with van der Waals surface area (Å²) in [7, 11) is -0.756. The Kier molecular flexibility index (Phi) is 5.51. The summed E-state index contributed by atoms with van der Waals surface area (Å²) in [4.78, 5) is 15.0. The Morgan fingerprint density at radius 3 is 2.83 bits per heavy atom. The highest BCUT2D eigenvalue weighted by atomic mass is 32.2. The molecule has 7 nitrogen and oxygen atoms in total. The molecule has 0 aliphatic heterocycles. The van der Waals surface area contributed by atoms with Gasteiger partial charge in [-0.05, 0) is 0 Å². The maximum Gasteiger partial charge on any atom is 0.311 e. The molecule has 1 aromatic heterocycles. The zero-order chi connectivity index (χ0) is 13.6. The molecule has 102 valence electrons. The summed E-state index contributed by atoms with van der Waals surface area (Å²) in [6.07, 6.45) is 0.0206. The van der Waals surface area contributed by atoms with E-state index in [0.29, 0.717) is 5.69 Å². The highest BCUT2D eigenvalue weighted by Crippen LogP contribution is 2.17. The zero-order valence-corrected chi connectivity index (χ0v) is 11.6. The molecular formula is C9H14N2O5S2. The summed E-state index contributed by atoms with van der Waals surface area (Å²) in [6, 6.07) is 0. The van der Waals surface area contributed by atoms with Gasteiger partial charge in [0.05, 0.1) is 31.6 Å². The number of hydrogen-bond donors (Lipinski definition) is 1. The van der Waals surface area contributed by atoms with Crippen LogP contribution in [0.4, 0.5) is 5.13 Å². The third-order valence-corrected chi connectivity index (χ3v) is 4.05. The lowest BCUT2D eigenvalue weighted by Crippen LogP contribution is -2.19. The first-order valence-electron chi connectivity index (χ1n) is 4.97. The van der Waals surface area contributed by atoms with Gasteiger partial charge in [-0.3, -0.25) is 9.52 Å². The maximum absolute atomic E-state index is 11.5. The summed E-state index contributed by atoms with van der Waals surface area (Å²) < 4.78 is 34.6. The van der Waals surface area contributed by atoms with Gasteiger partial charge in [0.25, 0.3) is 0 Å². The molecule has 0 aliphatic rings. The highest BCUT2D eigenvalue weighted by Gasteiger charge is 2.13. The molecule has 0 saturated heterocycles. The van der Waals surface area contributed by atoms with Gasteiger partial charge in [0.15, 0.2) is 5.13 Å². The predicted octanol–water partition coefficient (Wildman–Crippen LogP) is 0.247. The van der Waals surface area contributed by atoms with Gasteiger partial charge in [0.1, 0.15) is 0 Å². The van der Waals surface area contributed by atoms with Crippen molar-refractivity contribution in [3.05, 3.63) is 11.1 Å². The fraction of sp³-hybridized carbons (Fsp3) is 0.556. The number of esters is 1. The van der Waals surface area contributed by atoms with Gasteiger partial charge < -0.3 is 9.47 Å². The van der Waals surface area contributed by atoms with Crippen LogP contribution in [0.3, 0.4) is 0 Å². The lowest BCUT2D eigenvalue weighted by molar-refractivity contribution is -0.139. The molecule has 0 radical (unpaired) electrons. The third-order valence-electron chi connectivity index (χ3n) is 1.90. The number of nitrogens with one attached hydrogen (secondary N) is 1. The molecule has 1 aromatic rings. The quantitative estimate of drug-likeness (QED) is 0.724. The number of hydrogen-bond acceptors (Lipinski definition) is 7. The second-order valence-electron chi connectivity index (χ2n) is 3.31. The van der Waals surface area contributed by atoms with Crippen LogP contribution >= 0.6 is 11.3 Å². The summed E-state index contributed by atoms with van der Waals surface area (Å²) in [6.45, 7) is 0.107. The van der Waals surface area contributed by atoms with E-state index in [2.05, 4.69) is 14.4 Å². The SMILES string of the molecule is COCCS(=O)(=O)Nc1nc(CC(=O)OC)cs1. The lowest BCUT2D eigenvalue weighted by atomic mass is 10.3. The van der Waals surface area contributed by atoms with E-state index in [1.807, 2.05) is 0 Å². The van der Waals surface area contributed by atoms with Crippen LogP contribution in [0.25, 0.3) is 0 Å². The highest BCUT2D eigenvalue weighted by molar-refractivity contribution is 7.92. The number of rotatable bonds is 7. The standard InChI is InChI=1S/C9H14N2O5S2/c1-15-3-4-18(13,14)11-9-10-7(6-17-9)5-8(12)16-2/h6H,3-5H2,1-2H3,(H,10,11). The van der Waals surface area contributed by atoms with Crippen LogP contribution in [0, 0.1) is 0 Å². The molecule has 0 aliphatic carbocycles. The number of methoxy groups -OCH3 is 2. The Morgan fingerprint density at radius 1 is 1.50 bits per heavy atom. The Morgan fingerprint density at radius 2 is 2.22 bits per heavy atom. The average molecular weight is 294 g/mol. The summed E-state index contributed by atoms with van der Waals surface area (Å²) in [5, 5.41) is 1.83. The van der Waals surface area contributed by atoms with Gasteiger partial charge in [0.2, 0.25) is 10.0 Å². The van der Waals surface area contributed by atoms with E-state index < -0.39 is 16.0 Å². The van der Waals surface area contributed by atoms with Crippen molar-refractivity contribution in [1.82, 2.24) is 4.98 Å². The predicted molar refractivity (Wildman–Crippen MR) is 67.1 cm³/mol. The van der Waals surface area contributed by atoms with Crippen molar-refractivity contribution in [1.29, 1.82) is 0 Å². The molecule has 0 saturated carbocycles. The van der Waals surface area contributed by atoms with Gasteiger partial charge in [-0.15, -0.1) is 11.3 Å². The van der Waals surface area contributed by atoms with Crippen LogP contribution in [-0.4, -0.2) is 46.0 Å². The molecule has 9 heteroatoms. The minimum atomic E-state index is -3.46. The molecule has 0 fully saturated rings. The van der Waals surface area contributed by atoms with Crippen molar-refractivity contribution < 1.29 is 22.7 Å². The molecule has 1 heterocycles. The number of anilines is 1. The van der Waals surface area contributed by atoms with Crippen LogP contribution in [0.15, 0.2) is 5.38 Å². The van der Waals surface area contributed by atoms with Crippen molar-refractivity contribution in [2.75, 3.05) is 31.3 Å². The van der Waals surface area contributed by atoms with Gasteiger partial charge in [-0.25, -0.2) is 13.4 Å². The van der Waals surface area contributed by atoms with E-state index in [1.54, 1.807) is 5.38 Å². The summed E-state index contributed by atoms with van der Waals surface area (Å²) >= 11 is 1.11. The first-order chi connectivity index (χ1) is 8.46. The summed E-state index contributed by atoms with van der Waals surface area (Å²) in [5.74, 6) is -0.566. The van der Waals surface area contributed by atoms with E-state index >= 15 is 0 Å². The van der Waals surface area contributed by atoms with Crippen molar-refractivity contribution in [3.63, 3.8) is 0 Å². The second-order valence-corrected chi connectivity index (χ2v) is 6.01. The molecule has 1 rings (SSSR count). The van der Waals surface area contributed by atoms with E-state index in [1.165, 1.54) is 14.2 Å². The monoisotopic (exact) mass is 294 g/mol. The smallest absolute Gasteiger partial charge is 0.311 e. The first-order valence-corrected chi connectivity index (χ1v) is 7.50. The molecule has 0 spiro atoms. The number of sulfonamides is 1. The number of thiazole rings is 1. The van der Waals surface area contributed by atoms with E-state index in [9.17, 15) is 13.2 Å². The van der Waals surface area contributed by atoms with E-state index in [0.717, 1.165) is 11.3 Å². The average Bonchev–Trinajstić information content (AvgIpc) is 2.73. The van der Waals surface area contributed by atoms with E-state index in [-0.39, 0.29) is 23.9 Å². The number of carbonyl (C=O) groups excluding carboxylic acids is 1. The van der Waals surface area contributed by atoms with Crippen molar-refractivity contribution in [3.8, 4) is 0 Å². The molecule has 18 heavy (non-hydrogen) atoms. The van der Waals surface area contributed by atoms with Crippen LogP contribution in [0.5, 0.6) is 0 Å². The largest absolute Gasteiger partial charge is 0.469 e. The molecule has 0 atom stereocenters. The van der Waals surface area contributed by atoms with Gasteiger partial charge in [-0.2, -0.15) is 0 Å². The second kappa shape index (κ2) is 6.66. The summed E-state index contributed by atoms with van der Waals surface area (Å²) in [5.41, 5.74) is 0.469. The molecule has 1 N–H and O–H groups in total. The number of ether oxygens (including phenoxy) is 2. The topological polar surface area (TPSA) is 94.6 Å². The molecular weight excluding hydrogens is 280 g/mol. The van der Waals surface area contributed by atoms with Crippen LogP contribution in [0.2, 0.25) is 0 Å². The van der Waals surface area contributed by atoms with Gasteiger partial charge in [0, 0.05) is 12.5 Å². The Balaban J connectivity index is 2.61. The molecule has 0 amide bonds. The van der Waals surface area contributed by atoms with Crippen molar-refractivity contribution in [2.24, 2.45) is 0 Å². The molecule has 0 bridgehead atoms. The number of aromatic nitrogens is 1. The number of nitrogens with zero attached hydrogens (tertiary/aromatic N) is 1. The van der Waals surface area contributed by atoms with E-state index in [4.69, 9.17) is 4.74 Å². The normalized spacial score (nSPS) is 11.2. The Bertz CT molecular complexity index is 497. The van der Waals surface area contributed by atoms with Crippen molar-refractivity contribution >= 4 is 32.5 Å². The first kappa shape index (κ1) is 14.9. The number of carbonyl (C=O) groups is 1. The lowest BCUT2D eigenvalue weighted by Gasteiger charge is -2.03. The minimum absolute atomic E-state index is 0.0206. The minimum Gasteiger partial charge on any atom is -0.469 e. The van der Waals surface area contributed by atoms with Crippen molar-refractivity contribution in [2.45, 2.75) is 6.42 Å². The third kappa shape index (κ3) is 4.98. The Hall–Kier alpha value is -1.19. The van der Waals surface area contributed by atoms with Crippen LogP contribution < -0.4 is 4.72 Å².